The molecule has 0 unspecified atom stereocenters. The Labute approximate surface area is 160 Å². The Bertz CT molecular complexity index is 994. The quantitative estimate of drug-likeness (QED) is 0.402. The molecular formula is C18H22N5O5+. The monoisotopic (exact) mass is 388 g/mol. The second kappa shape index (κ2) is 7.32. The average molecular weight is 388 g/mol. The number of rotatable bonds is 5. The maximum absolute atomic E-state index is 10.2. The number of nitrogens with zero attached hydrogens (tertiary/aromatic N) is 4. The van der Waals surface area contributed by atoms with Gasteiger partial charge >= 0.3 is 0 Å². The van der Waals surface area contributed by atoms with Crippen LogP contribution in [0.1, 0.15) is 17.4 Å². The number of aromatic nitrogens is 4. The Morgan fingerprint density at radius 3 is 2.82 bits per heavy atom. The van der Waals surface area contributed by atoms with Gasteiger partial charge in [-0.3, -0.25) is 4.57 Å². The fourth-order valence-electron chi connectivity index (χ4n) is 3.28. The Morgan fingerprint density at radius 2 is 2.11 bits per heavy atom. The number of aryl methyl sites for hydroxylation is 1. The van der Waals surface area contributed by atoms with E-state index in [2.05, 4.69) is 9.97 Å². The molecule has 1 fully saturated rings. The lowest BCUT2D eigenvalue weighted by molar-refractivity contribution is -0.885. The van der Waals surface area contributed by atoms with Crippen molar-refractivity contribution in [2.45, 2.75) is 38.1 Å². The molecule has 3 heterocycles. The molecule has 4 rings (SSSR count). The van der Waals surface area contributed by atoms with Crippen molar-refractivity contribution in [3.05, 3.63) is 48.0 Å². The molecule has 1 aromatic carbocycles. The van der Waals surface area contributed by atoms with Crippen molar-refractivity contribution in [3.8, 4) is 0 Å². The van der Waals surface area contributed by atoms with Crippen molar-refractivity contribution in [2.24, 2.45) is 0 Å². The van der Waals surface area contributed by atoms with E-state index in [1.807, 2.05) is 31.2 Å². The molecule has 0 radical (unpaired) electrons. The SMILES string of the molecule is Cc1cccc(CO[n+]2cnc3c(ncn3[C@@H]3O[C@H](CO)[C@@H](O)[C@H]3O)c2N)c1. The Morgan fingerprint density at radius 1 is 1.29 bits per heavy atom. The van der Waals surface area contributed by atoms with Crippen LogP contribution in [-0.2, 0) is 11.3 Å². The van der Waals surface area contributed by atoms with E-state index in [9.17, 15) is 15.3 Å². The number of hydrogen-bond donors (Lipinski definition) is 4. The van der Waals surface area contributed by atoms with Crippen molar-refractivity contribution >= 4 is 17.0 Å². The van der Waals surface area contributed by atoms with Gasteiger partial charge in [0.1, 0.15) is 24.6 Å². The first kappa shape index (κ1) is 18.6. The Kier molecular flexibility index (Phi) is 4.85. The molecule has 0 spiro atoms. The summed E-state index contributed by atoms with van der Waals surface area (Å²) >= 11 is 0. The smallest absolute Gasteiger partial charge is 0.289 e. The van der Waals surface area contributed by atoms with E-state index in [4.69, 9.17) is 15.3 Å². The van der Waals surface area contributed by atoms with Crippen molar-refractivity contribution in [3.63, 3.8) is 0 Å². The predicted molar refractivity (Wildman–Crippen MR) is 96.6 cm³/mol. The van der Waals surface area contributed by atoms with Gasteiger partial charge in [-0.1, -0.05) is 39.5 Å². The number of fused-ring (bicyclic) bond motifs is 1. The van der Waals surface area contributed by atoms with Gasteiger partial charge in [-0.2, -0.15) is 0 Å². The van der Waals surface area contributed by atoms with Crippen LogP contribution in [0.3, 0.4) is 0 Å². The molecule has 4 atom stereocenters. The molecule has 0 bridgehead atoms. The maximum Gasteiger partial charge on any atom is 0.289 e. The summed E-state index contributed by atoms with van der Waals surface area (Å²) in [7, 11) is 0. The van der Waals surface area contributed by atoms with Gasteiger partial charge in [0, 0.05) is 0 Å². The summed E-state index contributed by atoms with van der Waals surface area (Å²) in [4.78, 5) is 14.3. The molecule has 2 aromatic heterocycles. The minimum absolute atomic E-state index is 0.239. The second-order valence-electron chi connectivity index (χ2n) is 6.77. The predicted octanol–water partition coefficient (Wildman–Crippen LogP) is -1.15. The van der Waals surface area contributed by atoms with Crippen LogP contribution in [-0.4, -0.2) is 54.8 Å². The zero-order valence-corrected chi connectivity index (χ0v) is 15.2. The van der Waals surface area contributed by atoms with E-state index >= 15 is 0 Å². The minimum Gasteiger partial charge on any atom is -0.394 e. The number of ether oxygens (including phenoxy) is 1. The zero-order chi connectivity index (χ0) is 19.8. The van der Waals surface area contributed by atoms with Crippen LogP contribution in [0.5, 0.6) is 0 Å². The second-order valence-corrected chi connectivity index (χ2v) is 6.77. The zero-order valence-electron chi connectivity index (χ0n) is 15.2. The van der Waals surface area contributed by atoms with Crippen molar-refractivity contribution in [1.82, 2.24) is 14.5 Å². The first-order chi connectivity index (χ1) is 13.5. The molecule has 5 N–H and O–H groups in total. The fraction of sp³-hybridized carbons (Fsp3) is 0.389. The van der Waals surface area contributed by atoms with Crippen LogP contribution >= 0.6 is 0 Å². The first-order valence-corrected chi connectivity index (χ1v) is 8.83. The largest absolute Gasteiger partial charge is 0.394 e. The molecule has 3 aromatic rings. The topological polar surface area (TPSA) is 140 Å². The van der Waals surface area contributed by atoms with Gasteiger partial charge in [0.05, 0.1) is 6.61 Å². The van der Waals surface area contributed by atoms with E-state index in [1.165, 1.54) is 22.0 Å². The van der Waals surface area contributed by atoms with Crippen LogP contribution in [0, 0.1) is 6.92 Å². The highest BCUT2D eigenvalue weighted by Crippen LogP contribution is 2.31. The molecule has 148 valence electrons. The van der Waals surface area contributed by atoms with E-state index in [1.54, 1.807) is 0 Å². The summed E-state index contributed by atoms with van der Waals surface area (Å²) < 4.78 is 8.33. The van der Waals surface area contributed by atoms with Gasteiger partial charge in [0.25, 0.3) is 12.1 Å². The molecular weight excluding hydrogens is 366 g/mol. The van der Waals surface area contributed by atoms with Crippen LogP contribution in [0.15, 0.2) is 36.9 Å². The molecule has 0 aliphatic carbocycles. The molecule has 0 saturated carbocycles. The lowest BCUT2D eigenvalue weighted by Gasteiger charge is -2.15. The summed E-state index contributed by atoms with van der Waals surface area (Å²) in [6.45, 7) is 1.89. The number of aliphatic hydroxyl groups excluding tert-OH is 3. The highest BCUT2D eigenvalue weighted by molar-refractivity contribution is 5.79. The lowest BCUT2D eigenvalue weighted by Crippen LogP contribution is -2.45. The third-order valence-corrected chi connectivity index (χ3v) is 4.78. The molecule has 1 aliphatic rings. The maximum atomic E-state index is 10.2. The highest BCUT2D eigenvalue weighted by atomic mass is 16.7. The summed E-state index contributed by atoms with van der Waals surface area (Å²) in [5.74, 6) is 0.239. The number of anilines is 1. The third kappa shape index (κ3) is 3.16. The van der Waals surface area contributed by atoms with E-state index in [0.717, 1.165) is 11.1 Å². The number of benzene rings is 1. The summed E-state index contributed by atoms with van der Waals surface area (Å²) in [6.07, 6.45) is -1.44. The molecule has 1 saturated heterocycles. The fourth-order valence-corrected chi connectivity index (χ4v) is 3.28. The number of aliphatic hydroxyl groups is 3. The van der Waals surface area contributed by atoms with Crippen LogP contribution in [0.25, 0.3) is 11.2 Å². The molecule has 1 aliphatic heterocycles. The van der Waals surface area contributed by atoms with Crippen LogP contribution in [0.4, 0.5) is 5.82 Å². The average Bonchev–Trinajstić information content (AvgIpc) is 3.23. The van der Waals surface area contributed by atoms with E-state index in [-0.39, 0.29) is 5.82 Å². The molecule has 0 amide bonds. The molecule has 10 heteroatoms. The highest BCUT2D eigenvalue weighted by Gasteiger charge is 2.44. The Balaban J connectivity index is 1.59. The summed E-state index contributed by atoms with van der Waals surface area (Å²) in [6, 6.07) is 7.92. The molecule has 10 nitrogen and oxygen atoms in total. The number of imidazole rings is 1. The van der Waals surface area contributed by atoms with Gasteiger partial charge < -0.3 is 30.6 Å². The van der Waals surface area contributed by atoms with Crippen molar-refractivity contribution < 1.29 is 29.6 Å². The third-order valence-electron chi connectivity index (χ3n) is 4.78. The number of nitrogens with two attached hydrogens (primary N) is 1. The first-order valence-electron chi connectivity index (χ1n) is 8.83. The normalized spacial score (nSPS) is 24.7. The van der Waals surface area contributed by atoms with E-state index < -0.39 is 31.1 Å². The van der Waals surface area contributed by atoms with E-state index in [0.29, 0.717) is 17.8 Å². The van der Waals surface area contributed by atoms with Crippen LogP contribution in [0.2, 0.25) is 0 Å². The van der Waals surface area contributed by atoms with Gasteiger partial charge in [-0.25, -0.2) is 4.98 Å². The van der Waals surface area contributed by atoms with Gasteiger partial charge in [-0.05, 0) is 12.5 Å². The van der Waals surface area contributed by atoms with Crippen molar-refractivity contribution in [1.29, 1.82) is 0 Å². The summed E-state index contributed by atoms with van der Waals surface area (Å²) in [5, 5.41) is 29.4. The Hall–Kier alpha value is -2.79. The van der Waals surface area contributed by atoms with Crippen molar-refractivity contribution in [2.75, 3.05) is 12.3 Å². The summed E-state index contributed by atoms with van der Waals surface area (Å²) in [5.41, 5.74) is 9.02. The van der Waals surface area contributed by atoms with Crippen LogP contribution < -0.4 is 15.3 Å². The molecule has 28 heavy (non-hydrogen) atoms. The standard InChI is InChI=1S/C18H21N5O5/c1-10-3-2-4-11(5-10)7-27-23-9-21-17-13(16(23)19)20-8-22(17)18-15(26)14(25)12(6-24)28-18/h2-5,8-9,12,14-15,18-19,24-26H,6-7H2,1H3/p+1/t12-,14-,15-,18-/m1/s1. The van der Waals surface area contributed by atoms with Gasteiger partial charge in [0.2, 0.25) is 11.2 Å². The van der Waals surface area contributed by atoms with Gasteiger partial charge in [0.15, 0.2) is 12.8 Å². The lowest BCUT2D eigenvalue weighted by atomic mass is 10.1. The number of nitrogen functional groups attached to an aromatic ring is 1. The van der Waals surface area contributed by atoms with Gasteiger partial charge in [-0.15, -0.1) is 0 Å². The minimum atomic E-state index is -1.23. The number of hydrogen-bond acceptors (Lipinski definition) is 8.